The maximum atomic E-state index is 10.0. The minimum Gasteiger partial charge on any atom is -0.390 e. The Morgan fingerprint density at radius 1 is 1.08 bits per heavy atom. The van der Waals surface area contributed by atoms with E-state index in [0.717, 1.165) is 38.5 Å². The maximum Gasteiger partial charge on any atom is 0.0908 e. The lowest BCUT2D eigenvalue weighted by atomic mass is 9.74. The van der Waals surface area contributed by atoms with Crippen LogP contribution in [-0.4, -0.2) is 21.9 Å². The van der Waals surface area contributed by atoms with Crippen molar-refractivity contribution < 1.29 is 10.2 Å². The van der Waals surface area contributed by atoms with E-state index in [-0.39, 0.29) is 0 Å². The van der Waals surface area contributed by atoms with Gasteiger partial charge in [0.05, 0.1) is 11.7 Å². The second-order valence-corrected chi connectivity index (χ2v) is 4.45. The predicted octanol–water partition coefficient (Wildman–Crippen LogP) is 1.45. The van der Waals surface area contributed by atoms with Gasteiger partial charge in [0.2, 0.25) is 0 Å². The minimum atomic E-state index is -0.717. The predicted molar refractivity (Wildman–Crippen MR) is 46.8 cm³/mol. The van der Waals surface area contributed by atoms with Crippen LogP contribution in [0.15, 0.2) is 0 Å². The van der Waals surface area contributed by atoms with Crippen LogP contribution in [-0.2, 0) is 0 Å². The lowest BCUT2D eigenvalue weighted by molar-refractivity contribution is -0.110. The molecule has 2 aliphatic carbocycles. The first-order valence-electron chi connectivity index (χ1n) is 5.13. The van der Waals surface area contributed by atoms with E-state index in [1.54, 1.807) is 0 Å². The molecule has 0 aromatic carbocycles. The summed E-state index contributed by atoms with van der Waals surface area (Å²) in [6, 6.07) is 0. The molecule has 2 rings (SSSR count). The molecule has 0 radical (unpaired) electrons. The third-order valence-corrected chi connectivity index (χ3v) is 3.62. The Bertz CT molecular complexity index is 157. The quantitative estimate of drug-likeness (QED) is 0.658. The summed E-state index contributed by atoms with van der Waals surface area (Å²) in [4.78, 5) is 0. The van der Waals surface area contributed by atoms with E-state index in [1.807, 2.05) is 0 Å². The van der Waals surface area contributed by atoms with Gasteiger partial charge in [0.25, 0.3) is 0 Å². The molecule has 0 saturated heterocycles. The summed E-state index contributed by atoms with van der Waals surface area (Å²) in [7, 11) is 0. The van der Waals surface area contributed by atoms with Crippen LogP contribution in [0.2, 0.25) is 0 Å². The molecular formula is C10H18O2. The molecule has 2 saturated carbocycles. The van der Waals surface area contributed by atoms with Crippen molar-refractivity contribution in [3.05, 3.63) is 0 Å². The molecule has 2 nitrogen and oxygen atoms in total. The average molecular weight is 170 g/mol. The number of hydrogen-bond acceptors (Lipinski definition) is 2. The van der Waals surface area contributed by atoms with E-state index in [2.05, 4.69) is 0 Å². The number of aliphatic hydroxyl groups excluding tert-OH is 1. The second kappa shape index (κ2) is 3.00. The molecule has 0 aromatic heterocycles. The Morgan fingerprint density at radius 2 is 1.67 bits per heavy atom. The highest BCUT2D eigenvalue weighted by Crippen LogP contribution is 2.41. The zero-order valence-electron chi connectivity index (χ0n) is 7.50. The summed E-state index contributed by atoms with van der Waals surface area (Å²) in [6.07, 6.45) is 6.81. The van der Waals surface area contributed by atoms with Crippen LogP contribution in [0.25, 0.3) is 0 Å². The monoisotopic (exact) mass is 170 g/mol. The van der Waals surface area contributed by atoms with Gasteiger partial charge in [-0.15, -0.1) is 0 Å². The van der Waals surface area contributed by atoms with E-state index < -0.39 is 11.7 Å². The molecule has 0 amide bonds. The average Bonchev–Trinajstić information content (AvgIpc) is 2.33. The van der Waals surface area contributed by atoms with Crippen LogP contribution in [0.3, 0.4) is 0 Å². The van der Waals surface area contributed by atoms with Crippen molar-refractivity contribution in [3.63, 3.8) is 0 Å². The molecule has 0 heterocycles. The van der Waals surface area contributed by atoms with Crippen molar-refractivity contribution >= 4 is 0 Å². The van der Waals surface area contributed by atoms with Crippen LogP contribution in [0.5, 0.6) is 0 Å². The molecule has 0 aromatic rings. The summed E-state index contributed by atoms with van der Waals surface area (Å²) < 4.78 is 0. The molecule has 2 heteroatoms. The molecule has 2 fully saturated rings. The Hall–Kier alpha value is -0.0800. The fraction of sp³-hybridized carbons (Fsp3) is 1.00. The van der Waals surface area contributed by atoms with E-state index in [0.29, 0.717) is 5.92 Å². The van der Waals surface area contributed by atoms with E-state index in [1.165, 1.54) is 6.42 Å². The van der Waals surface area contributed by atoms with Crippen LogP contribution >= 0.6 is 0 Å². The third-order valence-electron chi connectivity index (χ3n) is 3.62. The standard InChI is InChI=1S/C10H18O2/c11-9(8-4-3-5-8)10(12)6-1-2-7-10/h8-9,11-12H,1-7H2. The Kier molecular flexibility index (Phi) is 2.13. The summed E-state index contributed by atoms with van der Waals surface area (Å²) in [5.41, 5.74) is -0.717. The van der Waals surface area contributed by atoms with Gasteiger partial charge in [-0.3, -0.25) is 0 Å². The van der Waals surface area contributed by atoms with Gasteiger partial charge in [0.1, 0.15) is 0 Å². The van der Waals surface area contributed by atoms with Gasteiger partial charge in [-0.05, 0) is 31.6 Å². The van der Waals surface area contributed by atoms with E-state index >= 15 is 0 Å². The minimum absolute atomic E-state index is 0.396. The molecule has 0 bridgehead atoms. The zero-order chi connectivity index (χ0) is 8.60. The van der Waals surface area contributed by atoms with Crippen molar-refractivity contribution in [1.29, 1.82) is 0 Å². The molecule has 1 unspecified atom stereocenters. The van der Waals surface area contributed by atoms with Gasteiger partial charge >= 0.3 is 0 Å². The maximum absolute atomic E-state index is 10.0. The molecule has 0 spiro atoms. The summed E-state index contributed by atoms with van der Waals surface area (Å²) >= 11 is 0. The number of rotatable bonds is 2. The molecule has 1 atom stereocenters. The molecular weight excluding hydrogens is 152 g/mol. The van der Waals surface area contributed by atoms with Crippen molar-refractivity contribution in [3.8, 4) is 0 Å². The van der Waals surface area contributed by atoms with Crippen molar-refractivity contribution in [2.75, 3.05) is 0 Å². The Morgan fingerprint density at radius 3 is 2.08 bits per heavy atom. The van der Waals surface area contributed by atoms with Gasteiger partial charge in [-0.25, -0.2) is 0 Å². The first-order chi connectivity index (χ1) is 5.72. The van der Waals surface area contributed by atoms with Crippen LogP contribution < -0.4 is 0 Å². The van der Waals surface area contributed by atoms with Gasteiger partial charge in [0, 0.05) is 0 Å². The molecule has 2 aliphatic rings. The van der Waals surface area contributed by atoms with Crippen LogP contribution in [0.1, 0.15) is 44.9 Å². The van der Waals surface area contributed by atoms with Crippen molar-refractivity contribution in [2.24, 2.45) is 5.92 Å². The first-order valence-corrected chi connectivity index (χ1v) is 5.13. The summed E-state index contributed by atoms with van der Waals surface area (Å²) in [6.45, 7) is 0. The van der Waals surface area contributed by atoms with Gasteiger partial charge < -0.3 is 10.2 Å². The molecule has 0 aliphatic heterocycles. The molecule has 70 valence electrons. The van der Waals surface area contributed by atoms with Crippen LogP contribution in [0, 0.1) is 5.92 Å². The van der Waals surface area contributed by atoms with Crippen molar-refractivity contribution in [1.82, 2.24) is 0 Å². The van der Waals surface area contributed by atoms with Gasteiger partial charge in [-0.1, -0.05) is 19.3 Å². The summed E-state index contributed by atoms with van der Waals surface area (Å²) in [5, 5.41) is 19.9. The highest BCUT2D eigenvalue weighted by Gasteiger charge is 2.43. The highest BCUT2D eigenvalue weighted by atomic mass is 16.3. The SMILES string of the molecule is OC(C1CCC1)C1(O)CCCC1. The number of hydrogen-bond donors (Lipinski definition) is 2. The van der Waals surface area contributed by atoms with Crippen LogP contribution in [0.4, 0.5) is 0 Å². The fourth-order valence-electron chi connectivity index (χ4n) is 2.48. The fourth-order valence-corrected chi connectivity index (χ4v) is 2.48. The Labute approximate surface area is 73.6 Å². The largest absolute Gasteiger partial charge is 0.390 e. The van der Waals surface area contributed by atoms with Crippen molar-refractivity contribution in [2.45, 2.75) is 56.7 Å². The zero-order valence-corrected chi connectivity index (χ0v) is 7.50. The third kappa shape index (κ3) is 1.27. The van der Waals surface area contributed by atoms with Gasteiger partial charge in [0.15, 0.2) is 0 Å². The highest BCUT2D eigenvalue weighted by molar-refractivity contribution is 4.96. The smallest absolute Gasteiger partial charge is 0.0908 e. The lowest BCUT2D eigenvalue weighted by Gasteiger charge is -2.38. The normalized spacial score (nSPS) is 31.5. The topological polar surface area (TPSA) is 40.5 Å². The Balaban J connectivity index is 1.96. The second-order valence-electron chi connectivity index (χ2n) is 4.45. The lowest BCUT2D eigenvalue weighted by Crippen LogP contribution is -2.46. The van der Waals surface area contributed by atoms with E-state index in [4.69, 9.17) is 0 Å². The van der Waals surface area contributed by atoms with E-state index in [9.17, 15) is 10.2 Å². The number of aliphatic hydroxyl groups is 2. The molecule has 2 N–H and O–H groups in total. The first kappa shape index (κ1) is 8.52. The molecule has 12 heavy (non-hydrogen) atoms. The van der Waals surface area contributed by atoms with Gasteiger partial charge in [-0.2, -0.15) is 0 Å². The summed E-state index contributed by atoms with van der Waals surface area (Å²) in [5.74, 6) is 0.396.